The molecule has 1 saturated carbocycles. The van der Waals surface area contributed by atoms with E-state index in [1.807, 2.05) is 61.6 Å². The number of H-pyrrole nitrogens is 3. The number of benzene rings is 3. The third kappa shape index (κ3) is 14.7. The molecule has 1 fully saturated rings. The summed E-state index contributed by atoms with van der Waals surface area (Å²) in [6.07, 6.45) is 43.1. The van der Waals surface area contributed by atoms with Crippen LogP contribution in [0.25, 0.3) is 83.0 Å². The average molecular weight is 1340 g/mol. The van der Waals surface area contributed by atoms with E-state index >= 15 is 0 Å². The third-order valence-corrected chi connectivity index (χ3v) is 20.0. The average Bonchev–Trinajstić information content (AvgIpc) is 1.71. The minimum absolute atomic E-state index is 0.259. The molecule has 16 rings (SSSR count). The van der Waals surface area contributed by atoms with Gasteiger partial charge in [0.05, 0.1) is 23.3 Å². The molecule has 3 unspecified atom stereocenters. The number of halogens is 1. The van der Waals surface area contributed by atoms with E-state index in [0.29, 0.717) is 24.4 Å². The number of para-hydroxylation sites is 3. The zero-order valence-corrected chi connectivity index (χ0v) is 58.2. The van der Waals surface area contributed by atoms with Crippen molar-refractivity contribution in [3.05, 3.63) is 253 Å². The van der Waals surface area contributed by atoms with Crippen LogP contribution in [0.2, 0.25) is 0 Å². The summed E-state index contributed by atoms with van der Waals surface area (Å²) in [6, 6.07) is 37.5. The molecular formula is C84H86FN15O. The van der Waals surface area contributed by atoms with E-state index in [0.717, 1.165) is 131 Å². The topological polar surface area (TPSA) is 183 Å². The van der Waals surface area contributed by atoms with Crippen molar-refractivity contribution >= 4 is 66.7 Å². The number of methoxy groups -OCH3 is 1. The Morgan fingerprint density at radius 2 is 0.911 bits per heavy atom. The number of ether oxygens (including phenoxy) is 1. The molecule has 0 saturated heterocycles. The Morgan fingerprint density at radius 3 is 1.33 bits per heavy atom. The monoisotopic (exact) mass is 1340 g/mol. The quantitative estimate of drug-likeness (QED) is 0.0318. The summed E-state index contributed by atoms with van der Waals surface area (Å²) in [5.41, 5.74) is 24.9. The van der Waals surface area contributed by atoms with Gasteiger partial charge in [0.1, 0.15) is 5.82 Å². The van der Waals surface area contributed by atoms with Gasteiger partial charge in [0.15, 0.2) is 16.9 Å². The molecule has 0 aliphatic heterocycles. The van der Waals surface area contributed by atoms with Crippen molar-refractivity contribution < 1.29 is 9.13 Å². The van der Waals surface area contributed by atoms with Crippen molar-refractivity contribution in [1.82, 2.24) is 58.1 Å². The molecule has 16 nitrogen and oxygen atoms in total. The van der Waals surface area contributed by atoms with Crippen LogP contribution in [0.5, 0.6) is 0 Å². The van der Waals surface area contributed by atoms with Crippen molar-refractivity contribution in [1.29, 1.82) is 0 Å². The van der Waals surface area contributed by atoms with Gasteiger partial charge in [-0.05, 0) is 146 Å². The molecule has 12 heterocycles. The van der Waals surface area contributed by atoms with Gasteiger partial charge in [-0.3, -0.25) is 15.0 Å². The van der Waals surface area contributed by atoms with E-state index in [2.05, 4.69) is 216 Å². The smallest absolute Gasteiger partial charge is 0.160 e. The van der Waals surface area contributed by atoms with E-state index in [-0.39, 0.29) is 11.7 Å². The third-order valence-electron chi connectivity index (χ3n) is 20.0. The molecule has 3 atom stereocenters. The first-order chi connectivity index (χ1) is 49.5. The second kappa shape index (κ2) is 30.4. The maximum atomic E-state index is 13.9. The van der Waals surface area contributed by atoms with Crippen LogP contribution in [0.1, 0.15) is 135 Å². The lowest BCUT2D eigenvalue weighted by atomic mass is 10.0. The zero-order valence-electron chi connectivity index (χ0n) is 58.2. The maximum Gasteiger partial charge on any atom is 0.160 e. The molecule has 0 spiro atoms. The number of hydrogen-bond donors (Lipinski definition) is 6. The Labute approximate surface area is 588 Å². The first kappa shape index (κ1) is 66.9. The lowest BCUT2D eigenvalue weighted by molar-refractivity contribution is 0.189. The number of pyridine rings is 6. The molecule has 1 aliphatic rings. The van der Waals surface area contributed by atoms with E-state index < -0.39 is 0 Å². The fourth-order valence-corrected chi connectivity index (χ4v) is 13.6. The number of nitrogens with zero attached hydrogens (tertiary/aromatic N) is 9. The predicted octanol–water partition coefficient (Wildman–Crippen LogP) is 18.8. The normalized spacial score (nSPS) is 13.1. The van der Waals surface area contributed by atoms with Crippen LogP contribution in [0.3, 0.4) is 0 Å². The van der Waals surface area contributed by atoms with Crippen LogP contribution >= 0.6 is 0 Å². The highest BCUT2D eigenvalue weighted by Crippen LogP contribution is 2.41. The summed E-state index contributed by atoms with van der Waals surface area (Å²) in [5, 5.41) is 14.7. The van der Waals surface area contributed by atoms with E-state index in [1.54, 1.807) is 19.5 Å². The van der Waals surface area contributed by atoms with Crippen LogP contribution < -0.4 is 16.0 Å². The largest absolute Gasteiger partial charge is 0.385 e. The minimum Gasteiger partial charge on any atom is -0.385 e. The highest BCUT2D eigenvalue weighted by atomic mass is 19.1. The van der Waals surface area contributed by atoms with Gasteiger partial charge in [-0.25, -0.2) is 19.3 Å². The van der Waals surface area contributed by atoms with Crippen LogP contribution in [-0.2, 0) is 24.0 Å². The fourth-order valence-electron chi connectivity index (χ4n) is 13.6. The Morgan fingerprint density at radius 1 is 0.505 bits per heavy atom. The number of anilines is 3. The number of aromatic amines is 3. The van der Waals surface area contributed by atoms with Crippen molar-refractivity contribution in [2.24, 2.45) is 0 Å². The minimum atomic E-state index is -0.356. The van der Waals surface area contributed by atoms with Crippen molar-refractivity contribution in [3.8, 4) is 45.7 Å². The second-order valence-electron chi connectivity index (χ2n) is 26.7. The molecule has 15 aromatic rings. The molecule has 0 radical (unpaired) electrons. The summed E-state index contributed by atoms with van der Waals surface area (Å²) in [5.74, 6) is 4.13. The predicted molar refractivity (Wildman–Crippen MR) is 409 cm³/mol. The standard InChI is InChI=1S/C29H31N5.C28H27N5.C27H28FN5O/c1-3-19(2)28-17-33-29-27(31-11-10-21-16-32-26-7-5-4-6-25(21)26)13-24(18-34(28)29)23-12-22(14-30-15-23)20-8-9-20;1-4-19(3)27-17-32-28-26(30-11-10-21-16-31-25-9-7-6-8-24(21)25)13-23(18-33(27)28)22-12-20(5-2)14-29-15-22;1-18(8-10-34-2)26-16-32-27-25(12-21(17-33(26)27)20-11-22(28)15-29-13-20)30-9-7-19-14-31-24-6-4-3-5-23(19)24/h4-7,12-20,31-32H,3,8-11H2,1-2H3;2,6-9,12-19,30-31H,4,10-11H2,1,3H3;3-6,11-18,30-31H,7-10H2,1-2H3. The van der Waals surface area contributed by atoms with Gasteiger partial charge in [0, 0.05) is 215 Å². The summed E-state index contributed by atoms with van der Waals surface area (Å²) < 4.78 is 25.8. The molecule has 0 amide bonds. The van der Waals surface area contributed by atoms with Crippen molar-refractivity contribution in [2.75, 3.05) is 49.3 Å². The van der Waals surface area contributed by atoms with Crippen LogP contribution in [-0.4, -0.2) is 91.4 Å². The molecule has 3 aromatic carbocycles. The molecule has 12 aromatic heterocycles. The van der Waals surface area contributed by atoms with E-state index in [4.69, 9.17) is 26.1 Å². The summed E-state index contributed by atoms with van der Waals surface area (Å²) in [6.45, 7) is 14.2. The molecule has 17 heteroatoms. The Kier molecular flexibility index (Phi) is 20.1. The number of hydrogen-bond acceptors (Lipinski definition) is 10. The lowest BCUT2D eigenvalue weighted by Crippen LogP contribution is -2.08. The number of nitrogens with one attached hydrogen (secondary N) is 6. The van der Waals surface area contributed by atoms with Crippen LogP contribution in [0, 0.1) is 18.2 Å². The van der Waals surface area contributed by atoms with Gasteiger partial charge >= 0.3 is 0 Å². The fraction of sp³-hybridized carbons (Fsp3) is 0.262. The van der Waals surface area contributed by atoms with Crippen LogP contribution in [0.4, 0.5) is 21.5 Å². The molecule has 101 heavy (non-hydrogen) atoms. The van der Waals surface area contributed by atoms with Gasteiger partial charge < -0.3 is 48.8 Å². The number of imidazole rings is 3. The van der Waals surface area contributed by atoms with Gasteiger partial charge in [-0.15, -0.1) is 6.42 Å². The summed E-state index contributed by atoms with van der Waals surface area (Å²) >= 11 is 0. The van der Waals surface area contributed by atoms with Gasteiger partial charge in [-0.1, -0.05) is 95.1 Å². The van der Waals surface area contributed by atoms with Gasteiger partial charge in [0.2, 0.25) is 0 Å². The first-order valence-corrected chi connectivity index (χ1v) is 35.4. The van der Waals surface area contributed by atoms with Crippen LogP contribution in [0.15, 0.2) is 202 Å². The van der Waals surface area contributed by atoms with Gasteiger partial charge in [0.25, 0.3) is 0 Å². The second-order valence-corrected chi connectivity index (χ2v) is 26.7. The number of fused-ring (bicyclic) bond motifs is 6. The molecule has 6 N–H and O–H groups in total. The SMILES string of the molecule is C#Cc1cncc(-c2cc(NCCc3c[nH]c4ccccc34)c3ncc(C(C)CC)n3c2)c1.CCC(C)c1cnc2c(NCCc3c[nH]c4ccccc34)cc(-c3cncc(C4CC4)c3)cn12.COCCC(C)c1cnc2c(NCCc3c[nH]c4ccccc34)cc(-c3cncc(F)c3)cn12. The zero-order chi connectivity index (χ0) is 69.3. The highest BCUT2D eigenvalue weighted by molar-refractivity contribution is 5.86. The Hall–Kier alpha value is -11.4. The molecule has 510 valence electrons. The Bertz CT molecular complexity index is 5410. The Balaban J connectivity index is 0.000000129. The maximum absolute atomic E-state index is 13.9. The molecule has 1 aliphatic carbocycles. The van der Waals surface area contributed by atoms with E-state index in [9.17, 15) is 4.39 Å². The van der Waals surface area contributed by atoms with Gasteiger partial charge in [-0.2, -0.15) is 0 Å². The molecule has 0 bridgehead atoms. The number of aromatic nitrogens is 12. The molecular weight excluding hydrogens is 1250 g/mol. The summed E-state index contributed by atoms with van der Waals surface area (Å²) in [7, 11) is 1.71. The number of rotatable bonds is 24. The van der Waals surface area contributed by atoms with E-state index in [1.165, 1.54) is 97.1 Å². The lowest BCUT2D eigenvalue weighted by Gasteiger charge is -2.15. The van der Waals surface area contributed by atoms with Crippen molar-refractivity contribution in [2.45, 2.75) is 110 Å². The van der Waals surface area contributed by atoms with Crippen molar-refractivity contribution in [3.63, 3.8) is 0 Å². The highest BCUT2D eigenvalue weighted by Gasteiger charge is 2.25. The summed E-state index contributed by atoms with van der Waals surface area (Å²) in [4.78, 5) is 37.4. The number of terminal acetylenes is 1. The first-order valence-electron chi connectivity index (χ1n) is 35.4.